The van der Waals surface area contributed by atoms with Crippen molar-refractivity contribution in [3.63, 3.8) is 0 Å². The van der Waals surface area contributed by atoms with Gasteiger partial charge in [-0.25, -0.2) is 4.99 Å². The number of hydrogen-bond acceptors (Lipinski definition) is 5. The highest BCUT2D eigenvalue weighted by atomic mass is 127. The highest BCUT2D eigenvalue weighted by Gasteiger charge is 2.27. The molecule has 0 amide bonds. The number of hydrogen-bond donors (Lipinski definition) is 1. The van der Waals surface area contributed by atoms with Gasteiger partial charge in [-0.15, -0.1) is 34.2 Å². The van der Waals surface area contributed by atoms with Gasteiger partial charge in [-0.2, -0.15) is 0 Å². The van der Waals surface area contributed by atoms with E-state index in [1.807, 2.05) is 11.5 Å². The van der Waals surface area contributed by atoms with Gasteiger partial charge in [0.25, 0.3) is 0 Å². The maximum absolute atomic E-state index is 11.8. The smallest absolute Gasteiger partial charge is 0.309 e. The Hall–Kier alpha value is -1.39. The Morgan fingerprint density at radius 2 is 2.08 bits per heavy atom. The third-order valence-corrected chi connectivity index (χ3v) is 4.16. The lowest BCUT2D eigenvalue weighted by molar-refractivity contribution is -0.149. The summed E-state index contributed by atoms with van der Waals surface area (Å²) in [5.41, 5.74) is 0. The van der Waals surface area contributed by atoms with Crippen LogP contribution >= 0.6 is 24.0 Å². The molecule has 142 valence electrons. The van der Waals surface area contributed by atoms with E-state index in [4.69, 9.17) is 4.74 Å². The van der Waals surface area contributed by atoms with Gasteiger partial charge in [-0.1, -0.05) is 0 Å². The SMILES string of the molecule is CCNC(=NCc1nncn1CC)N1CCC(C(=O)OCC)CC1.I. The van der Waals surface area contributed by atoms with Gasteiger partial charge in [0.15, 0.2) is 11.8 Å². The van der Waals surface area contributed by atoms with Crippen LogP contribution in [0.25, 0.3) is 0 Å². The van der Waals surface area contributed by atoms with Crippen LogP contribution in [0.2, 0.25) is 0 Å². The Morgan fingerprint density at radius 1 is 1.36 bits per heavy atom. The van der Waals surface area contributed by atoms with Gasteiger partial charge in [0.1, 0.15) is 12.9 Å². The van der Waals surface area contributed by atoms with Crippen molar-refractivity contribution in [3.05, 3.63) is 12.2 Å². The fourth-order valence-electron chi connectivity index (χ4n) is 2.82. The van der Waals surface area contributed by atoms with Crippen molar-refractivity contribution in [2.24, 2.45) is 10.9 Å². The van der Waals surface area contributed by atoms with Crippen molar-refractivity contribution in [2.75, 3.05) is 26.2 Å². The zero-order valence-corrected chi connectivity index (χ0v) is 17.6. The first-order valence-corrected chi connectivity index (χ1v) is 8.76. The molecule has 25 heavy (non-hydrogen) atoms. The van der Waals surface area contributed by atoms with Gasteiger partial charge < -0.3 is 19.5 Å². The third kappa shape index (κ3) is 6.12. The molecule has 1 N–H and O–H groups in total. The Balaban J connectivity index is 0.00000312. The van der Waals surface area contributed by atoms with Crippen LogP contribution in [0.15, 0.2) is 11.3 Å². The van der Waals surface area contributed by atoms with Crippen LogP contribution in [-0.2, 0) is 22.6 Å². The second-order valence-electron chi connectivity index (χ2n) is 5.72. The number of aromatic nitrogens is 3. The number of aliphatic imine (C=N–C) groups is 1. The van der Waals surface area contributed by atoms with Crippen LogP contribution in [0.5, 0.6) is 0 Å². The molecule has 1 aliphatic rings. The number of guanidine groups is 1. The molecule has 8 nitrogen and oxygen atoms in total. The summed E-state index contributed by atoms with van der Waals surface area (Å²) in [6.45, 7) is 10.1. The molecular formula is C16H29IN6O2. The number of halogens is 1. The molecule has 0 atom stereocenters. The Labute approximate surface area is 166 Å². The lowest BCUT2D eigenvalue weighted by Gasteiger charge is -2.33. The molecule has 0 saturated carbocycles. The number of nitrogens with zero attached hydrogens (tertiary/aromatic N) is 5. The lowest BCUT2D eigenvalue weighted by atomic mass is 9.97. The number of likely N-dealkylation sites (tertiary alicyclic amines) is 1. The number of ether oxygens (including phenoxy) is 1. The molecule has 1 aliphatic heterocycles. The standard InChI is InChI=1S/C16H28N6O2.HI/c1-4-17-16(18-11-14-20-19-12-21(14)5-2)22-9-7-13(8-10-22)15(23)24-6-3;/h12-13H,4-11H2,1-3H3,(H,17,18);1H. The quantitative estimate of drug-likeness (QED) is 0.299. The number of esters is 1. The molecular weight excluding hydrogens is 435 g/mol. The predicted octanol–water partition coefficient (Wildman–Crippen LogP) is 1.66. The first-order valence-electron chi connectivity index (χ1n) is 8.76. The van der Waals surface area contributed by atoms with Crippen LogP contribution < -0.4 is 5.32 Å². The molecule has 1 aromatic rings. The monoisotopic (exact) mass is 464 g/mol. The summed E-state index contributed by atoms with van der Waals surface area (Å²) < 4.78 is 7.11. The maximum atomic E-state index is 11.8. The summed E-state index contributed by atoms with van der Waals surface area (Å²) in [6, 6.07) is 0. The van der Waals surface area contributed by atoms with Gasteiger partial charge in [0.05, 0.1) is 12.5 Å². The molecule has 2 rings (SSSR count). The Bertz CT molecular complexity index is 555. The minimum absolute atomic E-state index is 0. The van der Waals surface area contributed by atoms with E-state index in [0.717, 1.165) is 50.8 Å². The largest absolute Gasteiger partial charge is 0.466 e. The van der Waals surface area contributed by atoms with Crippen molar-refractivity contribution >= 4 is 35.9 Å². The molecule has 0 aliphatic carbocycles. The summed E-state index contributed by atoms with van der Waals surface area (Å²) in [7, 11) is 0. The molecule has 9 heteroatoms. The molecule has 1 aromatic heterocycles. The van der Waals surface area contributed by atoms with Crippen LogP contribution in [0.1, 0.15) is 39.4 Å². The summed E-state index contributed by atoms with van der Waals surface area (Å²) in [5.74, 6) is 1.65. The number of rotatable bonds is 6. The topological polar surface area (TPSA) is 84.6 Å². The van der Waals surface area contributed by atoms with Gasteiger partial charge in [-0.05, 0) is 33.6 Å². The van der Waals surface area contributed by atoms with E-state index in [-0.39, 0.29) is 35.9 Å². The summed E-state index contributed by atoms with van der Waals surface area (Å²) in [6.07, 6.45) is 3.32. The number of piperidine rings is 1. The van der Waals surface area contributed by atoms with E-state index in [0.29, 0.717) is 13.2 Å². The normalized spacial score (nSPS) is 15.6. The average molecular weight is 464 g/mol. The molecule has 0 spiro atoms. The van der Waals surface area contributed by atoms with Crippen molar-refractivity contribution in [1.82, 2.24) is 25.0 Å². The maximum Gasteiger partial charge on any atom is 0.309 e. The first-order chi connectivity index (χ1) is 11.7. The van der Waals surface area contributed by atoms with E-state index in [1.165, 1.54) is 0 Å². The van der Waals surface area contributed by atoms with Gasteiger partial charge in [0, 0.05) is 26.2 Å². The summed E-state index contributed by atoms with van der Waals surface area (Å²) in [5, 5.41) is 11.4. The highest BCUT2D eigenvalue weighted by molar-refractivity contribution is 14.0. The van der Waals surface area contributed by atoms with E-state index < -0.39 is 0 Å². The van der Waals surface area contributed by atoms with Gasteiger partial charge in [-0.3, -0.25) is 4.79 Å². The number of aryl methyl sites for hydroxylation is 1. The second-order valence-corrected chi connectivity index (χ2v) is 5.72. The zero-order valence-electron chi connectivity index (χ0n) is 15.3. The van der Waals surface area contributed by atoms with Crippen molar-refractivity contribution in [1.29, 1.82) is 0 Å². The second kappa shape index (κ2) is 11.3. The molecule has 1 fully saturated rings. The molecule has 2 heterocycles. The first kappa shape index (κ1) is 21.7. The van der Waals surface area contributed by atoms with E-state index in [1.54, 1.807) is 6.33 Å². The van der Waals surface area contributed by atoms with Crippen LogP contribution in [-0.4, -0.2) is 57.8 Å². The molecule has 0 unspecified atom stereocenters. The van der Waals surface area contributed by atoms with E-state index in [2.05, 4.69) is 39.3 Å². The zero-order chi connectivity index (χ0) is 17.4. The van der Waals surface area contributed by atoms with Crippen molar-refractivity contribution in [2.45, 2.75) is 46.7 Å². The van der Waals surface area contributed by atoms with Crippen LogP contribution in [0, 0.1) is 5.92 Å². The summed E-state index contributed by atoms with van der Waals surface area (Å²) in [4.78, 5) is 18.7. The average Bonchev–Trinajstić information content (AvgIpc) is 3.06. The third-order valence-electron chi connectivity index (χ3n) is 4.16. The molecule has 0 aromatic carbocycles. The van der Waals surface area contributed by atoms with Gasteiger partial charge in [0.2, 0.25) is 0 Å². The predicted molar refractivity (Wildman–Crippen MR) is 107 cm³/mol. The van der Waals surface area contributed by atoms with Crippen molar-refractivity contribution in [3.8, 4) is 0 Å². The van der Waals surface area contributed by atoms with Crippen LogP contribution in [0.3, 0.4) is 0 Å². The fourth-order valence-corrected chi connectivity index (χ4v) is 2.82. The number of carbonyl (C=O) groups is 1. The van der Waals surface area contributed by atoms with Crippen LogP contribution in [0.4, 0.5) is 0 Å². The van der Waals surface area contributed by atoms with E-state index in [9.17, 15) is 4.79 Å². The summed E-state index contributed by atoms with van der Waals surface area (Å²) >= 11 is 0. The van der Waals surface area contributed by atoms with Crippen molar-refractivity contribution < 1.29 is 9.53 Å². The minimum Gasteiger partial charge on any atom is -0.466 e. The highest BCUT2D eigenvalue weighted by Crippen LogP contribution is 2.19. The minimum atomic E-state index is -0.0739. The molecule has 1 saturated heterocycles. The number of carbonyl (C=O) groups excluding carboxylic acids is 1. The fraction of sp³-hybridized carbons (Fsp3) is 0.750. The Morgan fingerprint density at radius 3 is 2.68 bits per heavy atom. The van der Waals surface area contributed by atoms with Gasteiger partial charge >= 0.3 is 5.97 Å². The Kier molecular flexibility index (Phi) is 9.76. The number of nitrogens with one attached hydrogen (secondary N) is 1. The van der Waals surface area contributed by atoms with E-state index >= 15 is 0 Å². The molecule has 0 radical (unpaired) electrons. The lowest BCUT2D eigenvalue weighted by Crippen LogP contribution is -2.46. The molecule has 0 bridgehead atoms.